The van der Waals surface area contributed by atoms with Crippen LogP contribution < -0.4 is 16.2 Å². The lowest BCUT2D eigenvalue weighted by molar-refractivity contribution is -0.114. The Morgan fingerprint density at radius 3 is 2.58 bits per heavy atom. The van der Waals surface area contributed by atoms with Crippen LogP contribution in [0.4, 0.5) is 0 Å². The predicted octanol–water partition coefficient (Wildman–Crippen LogP) is 3.59. The molecule has 4 N–H and O–H groups in total. The van der Waals surface area contributed by atoms with Gasteiger partial charge in [-0.3, -0.25) is 9.79 Å². The number of fused-ring (bicyclic) bond motifs is 1. The first-order valence-corrected chi connectivity index (χ1v) is 10.8. The number of hydrogen-bond donors (Lipinski definition) is 2. The van der Waals surface area contributed by atoms with Gasteiger partial charge in [0.05, 0.1) is 23.4 Å². The summed E-state index contributed by atoms with van der Waals surface area (Å²) in [6, 6.07) is 9.29. The maximum Gasteiger partial charge on any atom is 0.252 e. The van der Waals surface area contributed by atoms with Crippen molar-refractivity contribution in [2.75, 3.05) is 26.9 Å². The van der Waals surface area contributed by atoms with Gasteiger partial charge in [-0.25, -0.2) is 4.98 Å². The normalized spacial score (nSPS) is 17.0. The molecule has 0 radical (unpaired) electrons. The molecular formula is C24H34N4O3. The molecule has 1 fully saturated rings. The van der Waals surface area contributed by atoms with E-state index in [0.717, 1.165) is 35.6 Å². The monoisotopic (exact) mass is 426 g/mol. The molecule has 1 aliphatic heterocycles. The van der Waals surface area contributed by atoms with Crippen LogP contribution in [0.1, 0.15) is 45.6 Å². The van der Waals surface area contributed by atoms with Gasteiger partial charge in [-0.05, 0) is 50.8 Å². The summed E-state index contributed by atoms with van der Waals surface area (Å²) < 4.78 is 10.6. The third-order valence-corrected chi connectivity index (χ3v) is 5.05. The second-order valence-electron chi connectivity index (χ2n) is 7.50. The summed E-state index contributed by atoms with van der Waals surface area (Å²) in [6.07, 6.45) is 3.97. The summed E-state index contributed by atoms with van der Waals surface area (Å²) >= 11 is 0. The van der Waals surface area contributed by atoms with Gasteiger partial charge >= 0.3 is 0 Å². The smallest absolute Gasteiger partial charge is 0.252 e. The maximum atomic E-state index is 11.7. The highest BCUT2D eigenvalue weighted by Crippen LogP contribution is 2.21. The molecule has 0 aliphatic carbocycles. The van der Waals surface area contributed by atoms with Gasteiger partial charge in [0.2, 0.25) is 5.88 Å². The second kappa shape index (κ2) is 12.1. The van der Waals surface area contributed by atoms with Crippen LogP contribution in [0.2, 0.25) is 0 Å². The van der Waals surface area contributed by atoms with Gasteiger partial charge in [0.25, 0.3) is 5.91 Å². The van der Waals surface area contributed by atoms with E-state index in [4.69, 9.17) is 20.9 Å². The number of ether oxygens (including phenoxy) is 2. The van der Waals surface area contributed by atoms with Crippen LogP contribution in [0.5, 0.6) is 5.88 Å². The zero-order valence-electron chi connectivity index (χ0n) is 19.0. The third kappa shape index (κ3) is 6.79. The number of primary amides is 1. The molecule has 2 heterocycles. The third-order valence-electron chi connectivity index (χ3n) is 5.05. The highest BCUT2D eigenvalue weighted by molar-refractivity contribution is 6.28. The van der Waals surface area contributed by atoms with E-state index in [1.807, 2.05) is 31.2 Å². The average Bonchev–Trinajstić information content (AvgIpc) is 3.25. The minimum Gasteiger partial charge on any atom is -0.478 e. The number of hydrogen-bond acceptors (Lipinski definition) is 6. The van der Waals surface area contributed by atoms with E-state index in [1.54, 1.807) is 20.0 Å². The first-order chi connectivity index (χ1) is 14.9. The average molecular weight is 427 g/mol. The van der Waals surface area contributed by atoms with Gasteiger partial charge in [0, 0.05) is 43.0 Å². The van der Waals surface area contributed by atoms with Crippen LogP contribution in [0.3, 0.4) is 0 Å². The van der Waals surface area contributed by atoms with E-state index in [0.29, 0.717) is 23.9 Å². The highest BCUT2D eigenvalue weighted by atomic mass is 16.5. The molecule has 1 unspecified atom stereocenters. The molecule has 2 aromatic rings. The molecule has 1 aromatic carbocycles. The van der Waals surface area contributed by atoms with Gasteiger partial charge in [-0.2, -0.15) is 0 Å². The fourth-order valence-electron chi connectivity index (χ4n) is 3.58. The second-order valence-corrected chi connectivity index (χ2v) is 7.50. The van der Waals surface area contributed by atoms with Gasteiger partial charge in [-0.15, -0.1) is 0 Å². The molecule has 7 heteroatoms. The fraction of sp³-hybridized carbons (Fsp3) is 0.458. The largest absolute Gasteiger partial charge is 0.478 e. The molecule has 1 aromatic heterocycles. The lowest BCUT2D eigenvalue weighted by Gasteiger charge is -2.11. The topological polar surface area (TPSA) is 113 Å². The molecule has 1 aliphatic rings. The fourth-order valence-corrected chi connectivity index (χ4v) is 3.58. The Morgan fingerprint density at radius 1 is 1.26 bits per heavy atom. The van der Waals surface area contributed by atoms with Crippen molar-refractivity contribution in [1.29, 1.82) is 0 Å². The Morgan fingerprint density at radius 2 is 2.03 bits per heavy atom. The molecule has 1 saturated heterocycles. The van der Waals surface area contributed by atoms with Gasteiger partial charge in [0.1, 0.15) is 0 Å². The van der Waals surface area contributed by atoms with Crippen LogP contribution >= 0.6 is 0 Å². The quantitative estimate of drug-likeness (QED) is 0.519. The minimum atomic E-state index is -0.601. The number of carbonyl (C=O) groups is 1. The zero-order chi connectivity index (χ0) is 22.8. The highest BCUT2D eigenvalue weighted by Gasteiger charge is 2.17. The number of allylic oxidation sites excluding steroid dienone is 1. The molecule has 7 nitrogen and oxygen atoms in total. The van der Waals surface area contributed by atoms with E-state index in [2.05, 4.69) is 16.9 Å². The summed E-state index contributed by atoms with van der Waals surface area (Å²) in [5.41, 5.74) is 13.8. The molecule has 0 saturated carbocycles. The number of nitrogens with two attached hydrogens (primary N) is 2. The van der Waals surface area contributed by atoms with Crippen molar-refractivity contribution in [2.24, 2.45) is 22.4 Å². The Hall–Kier alpha value is -2.93. The number of benzene rings is 1. The van der Waals surface area contributed by atoms with E-state index in [1.165, 1.54) is 19.3 Å². The molecule has 3 rings (SSSR count). The summed E-state index contributed by atoms with van der Waals surface area (Å²) in [5, 5.41) is 0.908. The zero-order valence-corrected chi connectivity index (χ0v) is 19.0. The first kappa shape index (κ1) is 24.3. The van der Waals surface area contributed by atoms with Crippen molar-refractivity contribution < 1.29 is 14.3 Å². The van der Waals surface area contributed by atoms with Crippen molar-refractivity contribution in [3.63, 3.8) is 0 Å². The molecule has 31 heavy (non-hydrogen) atoms. The number of pyridine rings is 1. The van der Waals surface area contributed by atoms with Crippen LogP contribution in [0, 0.1) is 5.92 Å². The van der Waals surface area contributed by atoms with Crippen molar-refractivity contribution in [1.82, 2.24) is 4.98 Å². The predicted molar refractivity (Wildman–Crippen MR) is 125 cm³/mol. The van der Waals surface area contributed by atoms with Crippen LogP contribution in [0.15, 0.2) is 46.6 Å². The SMILES string of the molecule is CCCC1CCOC1.CCOc1ccc2cc(C(=NC)/C(C(N)=O)=C(\C)N)ccc2n1. The molecule has 0 spiro atoms. The number of aliphatic imine (C=N–C) groups is 1. The van der Waals surface area contributed by atoms with Crippen LogP contribution in [-0.2, 0) is 9.53 Å². The molecule has 1 atom stereocenters. The van der Waals surface area contributed by atoms with Crippen molar-refractivity contribution >= 4 is 22.5 Å². The van der Waals surface area contributed by atoms with Crippen molar-refractivity contribution in [3.05, 3.63) is 47.2 Å². The summed E-state index contributed by atoms with van der Waals surface area (Å²) in [4.78, 5) is 20.3. The maximum absolute atomic E-state index is 11.7. The Kier molecular flexibility index (Phi) is 9.46. The molecule has 1 amide bonds. The standard InChI is InChI=1S/C17H20N4O2.C7H14O/c1-4-23-14-8-6-11-9-12(5-7-13(11)21-14)16(20-3)15(10(2)18)17(19)22;1-2-3-7-4-5-8-6-7/h5-9H,4,18H2,1-3H3,(H2,19,22);7H,2-6H2,1H3/b15-10-,20-16?;. The Bertz CT molecular complexity index is 943. The van der Waals surface area contributed by atoms with Crippen LogP contribution in [-0.4, -0.2) is 43.5 Å². The molecular weight excluding hydrogens is 392 g/mol. The summed E-state index contributed by atoms with van der Waals surface area (Å²) in [7, 11) is 1.60. The Balaban J connectivity index is 0.000000357. The van der Waals surface area contributed by atoms with E-state index in [-0.39, 0.29) is 5.57 Å². The lowest BCUT2D eigenvalue weighted by Crippen LogP contribution is -2.25. The van der Waals surface area contributed by atoms with Gasteiger partial charge < -0.3 is 20.9 Å². The van der Waals surface area contributed by atoms with E-state index in [9.17, 15) is 4.79 Å². The van der Waals surface area contributed by atoms with E-state index >= 15 is 0 Å². The lowest BCUT2D eigenvalue weighted by atomic mass is 9.98. The summed E-state index contributed by atoms with van der Waals surface area (Å²) in [5.74, 6) is 0.864. The number of aromatic nitrogens is 1. The first-order valence-electron chi connectivity index (χ1n) is 10.8. The minimum absolute atomic E-state index is 0.228. The number of amides is 1. The number of nitrogens with zero attached hydrogens (tertiary/aromatic N) is 2. The van der Waals surface area contributed by atoms with Crippen LogP contribution in [0.25, 0.3) is 10.9 Å². The number of rotatable bonds is 7. The Labute approximate surface area is 184 Å². The van der Waals surface area contributed by atoms with Gasteiger partial charge in [-0.1, -0.05) is 19.4 Å². The summed E-state index contributed by atoms with van der Waals surface area (Å²) in [6.45, 7) is 8.36. The molecule has 0 bridgehead atoms. The van der Waals surface area contributed by atoms with Gasteiger partial charge in [0.15, 0.2) is 0 Å². The number of carbonyl (C=O) groups excluding carboxylic acids is 1. The van der Waals surface area contributed by atoms with Crippen molar-refractivity contribution in [2.45, 2.75) is 40.0 Å². The van der Waals surface area contributed by atoms with Crippen molar-refractivity contribution in [3.8, 4) is 5.88 Å². The van der Waals surface area contributed by atoms with E-state index < -0.39 is 5.91 Å². The molecule has 168 valence electrons.